The van der Waals surface area contributed by atoms with Gasteiger partial charge in [0.1, 0.15) is 0 Å². The Balaban J connectivity index is 3.29. The summed E-state index contributed by atoms with van der Waals surface area (Å²) < 4.78 is 4.60. The van der Waals surface area contributed by atoms with Gasteiger partial charge in [-0.25, -0.2) is 4.79 Å². The molecule has 0 aromatic heterocycles. The van der Waals surface area contributed by atoms with Crippen LogP contribution >= 0.6 is 0 Å². The third-order valence-corrected chi connectivity index (χ3v) is 2.07. The smallest absolute Gasteiger partial charge is 0.337 e. The second-order valence-corrected chi connectivity index (χ2v) is 3.09. The molecule has 0 heterocycles. The van der Waals surface area contributed by atoms with Gasteiger partial charge in [0.2, 0.25) is 0 Å². The van der Waals surface area contributed by atoms with Crippen molar-refractivity contribution in [1.82, 2.24) is 0 Å². The summed E-state index contributed by atoms with van der Waals surface area (Å²) in [6, 6.07) is 5.42. The number of benzene rings is 1. The Hall–Kier alpha value is -1.82. The summed E-state index contributed by atoms with van der Waals surface area (Å²) in [6.45, 7) is 3.61. The molecule has 3 nitrogen and oxygen atoms in total. The van der Waals surface area contributed by atoms with E-state index in [1.807, 2.05) is 0 Å². The number of esters is 1. The van der Waals surface area contributed by atoms with Crippen LogP contribution in [0.25, 0.3) is 0 Å². The fourth-order valence-corrected chi connectivity index (χ4v) is 1.38. The number of rotatable bonds is 1. The van der Waals surface area contributed by atoms with Gasteiger partial charge in [0.15, 0.2) is 0 Å². The molecule has 0 N–H and O–H groups in total. The lowest BCUT2D eigenvalue weighted by Crippen LogP contribution is -2.03. The molecule has 3 heteroatoms. The van der Waals surface area contributed by atoms with E-state index in [0.717, 1.165) is 11.1 Å². The average molecular weight is 189 g/mol. The minimum absolute atomic E-state index is 0.374. The molecule has 1 aromatic carbocycles. The fraction of sp³-hybridized carbons (Fsp3) is 0.273. The number of ether oxygens (including phenoxy) is 1. The molecule has 0 bridgehead atoms. The van der Waals surface area contributed by atoms with Gasteiger partial charge in [-0.3, -0.25) is 0 Å². The lowest BCUT2D eigenvalue weighted by atomic mass is 10.0. The van der Waals surface area contributed by atoms with Gasteiger partial charge in [0.05, 0.1) is 24.3 Å². The van der Waals surface area contributed by atoms with Crippen LogP contribution in [0.4, 0.5) is 0 Å². The second kappa shape index (κ2) is 3.93. The molecule has 0 unspecified atom stereocenters. The zero-order chi connectivity index (χ0) is 10.7. The molecule has 14 heavy (non-hydrogen) atoms. The maximum Gasteiger partial charge on any atom is 0.337 e. The fourth-order valence-electron chi connectivity index (χ4n) is 1.38. The molecule has 0 saturated heterocycles. The van der Waals surface area contributed by atoms with Crippen molar-refractivity contribution in [1.29, 1.82) is 5.26 Å². The number of aryl methyl sites for hydroxylation is 2. The summed E-state index contributed by atoms with van der Waals surface area (Å²) in [5, 5.41) is 8.82. The van der Waals surface area contributed by atoms with Crippen LogP contribution < -0.4 is 0 Å². The highest BCUT2D eigenvalue weighted by Crippen LogP contribution is 2.16. The number of hydrogen-bond acceptors (Lipinski definition) is 3. The Morgan fingerprint density at radius 3 is 2.21 bits per heavy atom. The number of carbonyl (C=O) groups excluding carboxylic acids is 1. The molecule has 0 aliphatic rings. The van der Waals surface area contributed by atoms with E-state index in [1.54, 1.807) is 26.0 Å². The van der Waals surface area contributed by atoms with Gasteiger partial charge < -0.3 is 4.74 Å². The van der Waals surface area contributed by atoms with Crippen molar-refractivity contribution in [3.8, 4) is 6.07 Å². The van der Waals surface area contributed by atoms with Crippen molar-refractivity contribution in [3.05, 3.63) is 34.4 Å². The van der Waals surface area contributed by atoms with Crippen LogP contribution in [-0.4, -0.2) is 13.1 Å². The normalized spacial score (nSPS) is 9.29. The van der Waals surface area contributed by atoms with Crippen molar-refractivity contribution in [2.24, 2.45) is 0 Å². The summed E-state index contributed by atoms with van der Waals surface area (Å²) in [5.74, 6) is -0.374. The van der Waals surface area contributed by atoms with Gasteiger partial charge in [0.25, 0.3) is 0 Å². The molecule has 0 fully saturated rings. The van der Waals surface area contributed by atoms with E-state index in [-0.39, 0.29) is 5.97 Å². The summed E-state index contributed by atoms with van der Waals surface area (Å²) in [4.78, 5) is 11.2. The SMILES string of the molecule is COC(=O)c1cc(C)c(C#N)c(C)c1. The maximum absolute atomic E-state index is 11.2. The van der Waals surface area contributed by atoms with E-state index in [0.29, 0.717) is 11.1 Å². The van der Waals surface area contributed by atoms with Gasteiger partial charge in [-0.15, -0.1) is 0 Å². The van der Waals surface area contributed by atoms with Crippen molar-refractivity contribution in [2.75, 3.05) is 7.11 Å². The Morgan fingerprint density at radius 1 is 1.36 bits per heavy atom. The average Bonchev–Trinajstić information content (AvgIpc) is 2.16. The Morgan fingerprint density at radius 2 is 1.86 bits per heavy atom. The van der Waals surface area contributed by atoms with Crippen LogP contribution in [0.1, 0.15) is 27.0 Å². The Labute approximate surface area is 82.9 Å². The monoisotopic (exact) mass is 189 g/mol. The summed E-state index contributed by atoms with van der Waals surface area (Å²) in [6.07, 6.45) is 0. The lowest BCUT2D eigenvalue weighted by Gasteiger charge is -2.05. The highest BCUT2D eigenvalue weighted by molar-refractivity contribution is 5.90. The first-order chi connectivity index (χ1) is 6.60. The van der Waals surface area contributed by atoms with E-state index in [2.05, 4.69) is 10.8 Å². The van der Waals surface area contributed by atoms with E-state index in [9.17, 15) is 4.79 Å². The molecule has 0 aliphatic carbocycles. The van der Waals surface area contributed by atoms with Crippen LogP contribution in [0.2, 0.25) is 0 Å². The quantitative estimate of drug-likeness (QED) is 0.634. The second-order valence-electron chi connectivity index (χ2n) is 3.09. The van der Waals surface area contributed by atoms with Gasteiger partial charge in [-0.2, -0.15) is 5.26 Å². The van der Waals surface area contributed by atoms with Crippen LogP contribution in [-0.2, 0) is 4.74 Å². The third kappa shape index (κ3) is 1.74. The van der Waals surface area contributed by atoms with E-state index >= 15 is 0 Å². The number of nitrogens with zero attached hydrogens (tertiary/aromatic N) is 1. The predicted octanol–water partition coefficient (Wildman–Crippen LogP) is 1.96. The maximum atomic E-state index is 11.2. The molecule has 1 aromatic rings. The minimum Gasteiger partial charge on any atom is -0.465 e. The third-order valence-electron chi connectivity index (χ3n) is 2.07. The van der Waals surface area contributed by atoms with Crippen LogP contribution in [0.5, 0.6) is 0 Å². The molecule has 0 saturated carbocycles. The van der Waals surface area contributed by atoms with Crippen LogP contribution in [0.15, 0.2) is 12.1 Å². The van der Waals surface area contributed by atoms with Crippen molar-refractivity contribution < 1.29 is 9.53 Å². The first-order valence-electron chi connectivity index (χ1n) is 4.19. The van der Waals surface area contributed by atoms with E-state index < -0.39 is 0 Å². The van der Waals surface area contributed by atoms with Crippen molar-refractivity contribution in [2.45, 2.75) is 13.8 Å². The van der Waals surface area contributed by atoms with Gasteiger partial charge in [-0.1, -0.05) is 0 Å². The van der Waals surface area contributed by atoms with Gasteiger partial charge in [-0.05, 0) is 37.1 Å². The molecule has 0 aliphatic heterocycles. The first kappa shape index (κ1) is 10.3. The molecule has 0 amide bonds. The summed E-state index contributed by atoms with van der Waals surface area (Å²) >= 11 is 0. The molecular formula is C11H11NO2. The number of methoxy groups -OCH3 is 1. The van der Waals surface area contributed by atoms with Crippen LogP contribution in [0.3, 0.4) is 0 Å². The molecule has 0 radical (unpaired) electrons. The lowest BCUT2D eigenvalue weighted by molar-refractivity contribution is 0.0600. The number of hydrogen-bond donors (Lipinski definition) is 0. The van der Waals surface area contributed by atoms with Crippen molar-refractivity contribution in [3.63, 3.8) is 0 Å². The highest BCUT2D eigenvalue weighted by Gasteiger charge is 2.09. The summed E-state index contributed by atoms with van der Waals surface area (Å²) in [7, 11) is 1.34. The van der Waals surface area contributed by atoms with Gasteiger partial charge >= 0.3 is 5.97 Å². The van der Waals surface area contributed by atoms with E-state index in [1.165, 1.54) is 7.11 Å². The van der Waals surface area contributed by atoms with E-state index in [4.69, 9.17) is 5.26 Å². The minimum atomic E-state index is -0.374. The number of carbonyl (C=O) groups is 1. The highest BCUT2D eigenvalue weighted by atomic mass is 16.5. The first-order valence-corrected chi connectivity index (χ1v) is 4.19. The molecular weight excluding hydrogens is 178 g/mol. The Kier molecular flexibility index (Phi) is 2.88. The topological polar surface area (TPSA) is 50.1 Å². The molecule has 72 valence electrons. The Bertz CT molecular complexity index is 393. The van der Waals surface area contributed by atoms with Crippen LogP contribution in [0, 0.1) is 25.2 Å². The largest absolute Gasteiger partial charge is 0.465 e. The number of nitriles is 1. The van der Waals surface area contributed by atoms with Gasteiger partial charge in [0, 0.05) is 0 Å². The van der Waals surface area contributed by atoms with Crippen molar-refractivity contribution >= 4 is 5.97 Å². The molecule has 0 spiro atoms. The zero-order valence-electron chi connectivity index (χ0n) is 8.42. The molecule has 0 atom stereocenters. The zero-order valence-corrected chi connectivity index (χ0v) is 8.42. The predicted molar refractivity (Wildman–Crippen MR) is 52.0 cm³/mol. The summed E-state index contributed by atoms with van der Waals surface area (Å²) in [5.41, 5.74) is 2.71. The molecule has 1 rings (SSSR count). The standard InChI is InChI=1S/C11H11NO2/c1-7-4-9(11(13)14-3)5-8(2)10(7)6-12/h4-5H,1-3H3.